The van der Waals surface area contributed by atoms with Crippen LogP contribution in [0.4, 0.5) is 0 Å². The Morgan fingerprint density at radius 1 is 1.27 bits per heavy atom. The van der Waals surface area contributed by atoms with Crippen molar-refractivity contribution in [2.75, 3.05) is 19.6 Å². The molecule has 0 bridgehead atoms. The van der Waals surface area contributed by atoms with Crippen LogP contribution in [-0.2, 0) is 4.79 Å². The Kier molecular flexibility index (Phi) is 3.79. The number of ketones is 1. The van der Waals surface area contributed by atoms with Gasteiger partial charge in [-0.3, -0.25) is 4.79 Å². The summed E-state index contributed by atoms with van der Waals surface area (Å²) in [5, 5.41) is 0. The first kappa shape index (κ1) is 11.1. The van der Waals surface area contributed by atoms with E-state index in [0.29, 0.717) is 12.2 Å². The van der Waals surface area contributed by atoms with E-state index in [-0.39, 0.29) is 0 Å². The van der Waals surface area contributed by atoms with Gasteiger partial charge in [0.2, 0.25) is 0 Å². The minimum atomic E-state index is 0.425. The van der Waals surface area contributed by atoms with Crippen LogP contribution in [0.3, 0.4) is 0 Å². The lowest BCUT2D eigenvalue weighted by Gasteiger charge is -2.15. The molecule has 0 aromatic rings. The molecule has 1 saturated carbocycles. The molecule has 0 amide bonds. The molecule has 1 aliphatic carbocycles. The molecule has 86 valence electrons. The van der Waals surface area contributed by atoms with Crippen LogP contribution < -0.4 is 0 Å². The van der Waals surface area contributed by atoms with Gasteiger partial charge in [0, 0.05) is 25.9 Å². The van der Waals surface area contributed by atoms with Crippen molar-refractivity contribution in [2.45, 2.75) is 45.4 Å². The van der Waals surface area contributed by atoms with E-state index in [1.165, 1.54) is 32.4 Å². The molecule has 2 fully saturated rings. The summed E-state index contributed by atoms with van der Waals surface area (Å²) in [6, 6.07) is 0. The molecule has 0 N–H and O–H groups in total. The van der Waals surface area contributed by atoms with E-state index in [0.717, 1.165) is 31.2 Å². The van der Waals surface area contributed by atoms with Crippen LogP contribution in [0.15, 0.2) is 0 Å². The minimum Gasteiger partial charge on any atom is -0.303 e. The van der Waals surface area contributed by atoms with Gasteiger partial charge >= 0.3 is 0 Å². The van der Waals surface area contributed by atoms with Crippen LogP contribution in [0.2, 0.25) is 0 Å². The van der Waals surface area contributed by atoms with Crippen molar-refractivity contribution >= 4 is 5.78 Å². The summed E-state index contributed by atoms with van der Waals surface area (Å²) in [7, 11) is 0. The van der Waals surface area contributed by atoms with Crippen LogP contribution in [-0.4, -0.2) is 30.3 Å². The van der Waals surface area contributed by atoms with Crippen LogP contribution in [0.5, 0.6) is 0 Å². The number of likely N-dealkylation sites (tertiary alicyclic amines) is 1. The first-order valence-corrected chi connectivity index (χ1v) is 6.53. The maximum atomic E-state index is 11.2. The Hall–Kier alpha value is -0.370. The quantitative estimate of drug-likeness (QED) is 0.693. The van der Waals surface area contributed by atoms with E-state index in [1.54, 1.807) is 0 Å². The van der Waals surface area contributed by atoms with Gasteiger partial charge in [0.1, 0.15) is 5.78 Å². The Labute approximate surface area is 93.0 Å². The lowest BCUT2D eigenvalue weighted by Crippen LogP contribution is -2.23. The van der Waals surface area contributed by atoms with Gasteiger partial charge in [-0.05, 0) is 37.6 Å². The predicted octanol–water partition coefficient (Wildman–Crippen LogP) is 2.48. The van der Waals surface area contributed by atoms with Gasteiger partial charge in [-0.2, -0.15) is 0 Å². The van der Waals surface area contributed by atoms with E-state index in [9.17, 15) is 4.79 Å². The average molecular weight is 209 g/mol. The predicted molar refractivity (Wildman–Crippen MR) is 61.8 cm³/mol. The fourth-order valence-corrected chi connectivity index (χ4v) is 3.19. The number of nitrogens with zero attached hydrogens (tertiary/aromatic N) is 1. The molecule has 2 atom stereocenters. The molecular formula is C13H23NO. The maximum absolute atomic E-state index is 11.2. The number of carbonyl (C=O) groups excluding carboxylic acids is 1. The van der Waals surface area contributed by atoms with E-state index in [2.05, 4.69) is 4.90 Å². The molecule has 1 heterocycles. The van der Waals surface area contributed by atoms with Crippen molar-refractivity contribution in [3.8, 4) is 0 Å². The SMILES string of the molecule is CCC(=O)CCCN1CC2CCCC2C1. The Balaban J connectivity index is 1.63. The molecule has 1 aliphatic heterocycles. The van der Waals surface area contributed by atoms with E-state index in [4.69, 9.17) is 0 Å². The summed E-state index contributed by atoms with van der Waals surface area (Å²) in [5.74, 6) is 2.41. The molecule has 0 aromatic heterocycles. The molecular weight excluding hydrogens is 186 g/mol. The third-order valence-electron chi connectivity index (χ3n) is 4.13. The van der Waals surface area contributed by atoms with Crippen molar-refractivity contribution in [1.29, 1.82) is 0 Å². The monoisotopic (exact) mass is 209 g/mol. The van der Waals surface area contributed by atoms with Crippen molar-refractivity contribution in [3.05, 3.63) is 0 Å². The van der Waals surface area contributed by atoms with E-state index >= 15 is 0 Å². The zero-order valence-corrected chi connectivity index (χ0v) is 9.87. The number of hydrogen-bond acceptors (Lipinski definition) is 2. The molecule has 0 spiro atoms. The Bertz CT molecular complexity index is 215. The van der Waals surface area contributed by atoms with Gasteiger partial charge in [-0.15, -0.1) is 0 Å². The second kappa shape index (κ2) is 5.11. The molecule has 2 nitrogen and oxygen atoms in total. The maximum Gasteiger partial charge on any atom is 0.132 e. The molecule has 0 aromatic carbocycles. The van der Waals surface area contributed by atoms with E-state index < -0.39 is 0 Å². The van der Waals surface area contributed by atoms with Gasteiger partial charge in [0.15, 0.2) is 0 Å². The van der Waals surface area contributed by atoms with Crippen LogP contribution in [0.1, 0.15) is 45.4 Å². The zero-order chi connectivity index (χ0) is 10.7. The zero-order valence-electron chi connectivity index (χ0n) is 9.87. The van der Waals surface area contributed by atoms with Gasteiger partial charge in [0.25, 0.3) is 0 Å². The summed E-state index contributed by atoms with van der Waals surface area (Å²) in [4.78, 5) is 13.7. The second-order valence-electron chi connectivity index (χ2n) is 5.21. The van der Waals surface area contributed by atoms with Crippen molar-refractivity contribution in [1.82, 2.24) is 4.90 Å². The standard InChI is InChI=1S/C13H23NO/c1-2-13(15)7-4-8-14-9-11-5-3-6-12(11)10-14/h11-12H,2-10H2,1H3. The first-order valence-electron chi connectivity index (χ1n) is 6.53. The molecule has 15 heavy (non-hydrogen) atoms. The molecule has 2 aliphatic rings. The highest BCUT2D eigenvalue weighted by atomic mass is 16.1. The fourth-order valence-electron chi connectivity index (χ4n) is 3.19. The summed E-state index contributed by atoms with van der Waals surface area (Å²) >= 11 is 0. The number of fused-ring (bicyclic) bond motifs is 1. The van der Waals surface area contributed by atoms with Crippen molar-refractivity contribution in [3.63, 3.8) is 0 Å². The van der Waals surface area contributed by atoms with Crippen LogP contribution in [0, 0.1) is 11.8 Å². The Morgan fingerprint density at radius 2 is 1.93 bits per heavy atom. The molecule has 2 unspecified atom stereocenters. The Morgan fingerprint density at radius 3 is 2.53 bits per heavy atom. The normalized spacial score (nSPS) is 30.7. The lowest BCUT2D eigenvalue weighted by molar-refractivity contribution is -0.118. The third-order valence-corrected chi connectivity index (χ3v) is 4.13. The highest BCUT2D eigenvalue weighted by molar-refractivity contribution is 5.77. The number of rotatable bonds is 5. The van der Waals surface area contributed by atoms with E-state index in [1.807, 2.05) is 6.92 Å². The van der Waals surface area contributed by atoms with Crippen molar-refractivity contribution < 1.29 is 4.79 Å². The summed E-state index contributed by atoms with van der Waals surface area (Å²) in [6.07, 6.45) is 6.95. The van der Waals surface area contributed by atoms with Gasteiger partial charge in [-0.1, -0.05) is 13.3 Å². The lowest BCUT2D eigenvalue weighted by atomic mass is 10.0. The summed E-state index contributed by atoms with van der Waals surface area (Å²) < 4.78 is 0. The highest BCUT2D eigenvalue weighted by Crippen LogP contribution is 2.37. The number of carbonyl (C=O) groups is 1. The largest absolute Gasteiger partial charge is 0.303 e. The summed E-state index contributed by atoms with van der Waals surface area (Å²) in [6.45, 7) is 5.73. The number of hydrogen-bond donors (Lipinski definition) is 0. The smallest absolute Gasteiger partial charge is 0.132 e. The van der Waals surface area contributed by atoms with Gasteiger partial charge in [0.05, 0.1) is 0 Å². The van der Waals surface area contributed by atoms with Gasteiger partial charge < -0.3 is 4.90 Å². The van der Waals surface area contributed by atoms with Crippen molar-refractivity contribution in [2.24, 2.45) is 11.8 Å². The number of Topliss-reactive ketones (excluding diaryl/α,β-unsaturated/α-hetero) is 1. The molecule has 1 saturated heterocycles. The highest BCUT2D eigenvalue weighted by Gasteiger charge is 2.35. The third kappa shape index (κ3) is 2.81. The van der Waals surface area contributed by atoms with Crippen LogP contribution >= 0.6 is 0 Å². The summed E-state index contributed by atoms with van der Waals surface area (Å²) in [5.41, 5.74) is 0. The average Bonchev–Trinajstić information content (AvgIpc) is 2.77. The molecule has 0 radical (unpaired) electrons. The first-order chi connectivity index (χ1) is 7.29. The van der Waals surface area contributed by atoms with Gasteiger partial charge in [-0.25, -0.2) is 0 Å². The van der Waals surface area contributed by atoms with Crippen LogP contribution in [0.25, 0.3) is 0 Å². The second-order valence-corrected chi connectivity index (χ2v) is 5.21. The fraction of sp³-hybridized carbons (Fsp3) is 0.923. The molecule has 2 heteroatoms. The topological polar surface area (TPSA) is 20.3 Å². The molecule has 2 rings (SSSR count). The minimum absolute atomic E-state index is 0.425.